The van der Waals surface area contributed by atoms with Gasteiger partial charge >= 0.3 is 18.1 Å². The molecule has 13 heteroatoms. The number of nitrogens with zero attached hydrogens (tertiary/aromatic N) is 5. The lowest BCUT2D eigenvalue weighted by Crippen LogP contribution is -2.40. The number of aliphatic imine (C=N–C) groups is 1. The highest BCUT2D eigenvalue weighted by molar-refractivity contribution is 5.95. The standard InChI is InChI=1S/C23H26F3N5O5/c1-5-7-15(27-3)13-31-18-19(29(4)22(34)30(20(18)33)11-10-14(2)32)28-21(31)35-16-8-6-9-17(12-16)36-23(24,25)26/h5-9,12,14,32H,10-11,13H2,1-4H3/b7-5-,27-15+. The summed E-state index contributed by atoms with van der Waals surface area (Å²) in [5, 5.41) is 9.64. The van der Waals surface area contributed by atoms with Crippen molar-refractivity contribution >= 4 is 16.9 Å². The van der Waals surface area contributed by atoms with Crippen LogP contribution in [0.4, 0.5) is 13.2 Å². The summed E-state index contributed by atoms with van der Waals surface area (Å²) >= 11 is 0. The Kier molecular flexibility index (Phi) is 8.03. The average Bonchev–Trinajstić information content (AvgIpc) is 3.14. The van der Waals surface area contributed by atoms with Crippen molar-refractivity contribution in [1.82, 2.24) is 18.7 Å². The van der Waals surface area contributed by atoms with Crippen LogP contribution in [0.1, 0.15) is 20.3 Å². The second-order valence-corrected chi connectivity index (χ2v) is 7.93. The van der Waals surface area contributed by atoms with Crippen LogP contribution in [0.3, 0.4) is 0 Å². The lowest BCUT2D eigenvalue weighted by molar-refractivity contribution is -0.274. The molecular formula is C23H26F3N5O5. The molecule has 0 saturated heterocycles. The van der Waals surface area contributed by atoms with Crippen LogP contribution >= 0.6 is 0 Å². The number of aromatic nitrogens is 4. The van der Waals surface area contributed by atoms with E-state index in [4.69, 9.17) is 4.74 Å². The third kappa shape index (κ3) is 6.03. The van der Waals surface area contributed by atoms with Crippen LogP contribution in [-0.4, -0.2) is 49.0 Å². The minimum absolute atomic E-state index is 0.0203. The molecule has 3 aromatic rings. The fourth-order valence-electron chi connectivity index (χ4n) is 3.48. The van der Waals surface area contributed by atoms with Gasteiger partial charge in [0.2, 0.25) is 0 Å². The van der Waals surface area contributed by atoms with Crippen LogP contribution in [0.2, 0.25) is 0 Å². The predicted octanol–water partition coefficient (Wildman–Crippen LogP) is 3.01. The van der Waals surface area contributed by atoms with Crippen molar-refractivity contribution in [2.75, 3.05) is 7.05 Å². The number of imidazole rings is 1. The number of hydrogen-bond acceptors (Lipinski definition) is 7. The molecule has 36 heavy (non-hydrogen) atoms. The van der Waals surface area contributed by atoms with Gasteiger partial charge in [-0.05, 0) is 38.5 Å². The Morgan fingerprint density at radius 2 is 1.94 bits per heavy atom. The van der Waals surface area contributed by atoms with Crippen molar-refractivity contribution < 1.29 is 27.8 Å². The van der Waals surface area contributed by atoms with E-state index in [0.717, 1.165) is 16.7 Å². The molecule has 194 valence electrons. The lowest BCUT2D eigenvalue weighted by Gasteiger charge is -2.13. The van der Waals surface area contributed by atoms with Crippen LogP contribution < -0.4 is 20.7 Å². The number of allylic oxidation sites excluding steroid dienone is 2. The van der Waals surface area contributed by atoms with E-state index in [0.29, 0.717) is 5.71 Å². The third-order valence-corrected chi connectivity index (χ3v) is 5.18. The summed E-state index contributed by atoms with van der Waals surface area (Å²) in [5.74, 6) is -0.533. The number of alkyl halides is 3. The Balaban J connectivity index is 2.20. The van der Waals surface area contributed by atoms with E-state index in [9.17, 15) is 27.9 Å². The average molecular weight is 509 g/mol. The van der Waals surface area contributed by atoms with Crippen LogP contribution in [0.25, 0.3) is 11.2 Å². The van der Waals surface area contributed by atoms with Gasteiger partial charge in [0.1, 0.15) is 11.5 Å². The van der Waals surface area contributed by atoms with Gasteiger partial charge in [-0.3, -0.25) is 23.5 Å². The number of fused-ring (bicyclic) bond motifs is 1. The molecule has 1 aromatic carbocycles. The van der Waals surface area contributed by atoms with Crippen molar-refractivity contribution in [3.63, 3.8) is 0 Å². The molecule has 1 N–H and O–H groups in total. The molecule has 2 aromatic heterocycles. The van der Waals surface area contributed by atoms with E-state index >= 15 is 0 Å². The Morgan fingerprint density at radius 1 is 1.25 bits per heavy atom. The smallest absolute Gasteiger partial charge is 0.425 e. The van der Waals surface area contributed by atoms with E-state index in [-0.39, 0.29) is 42.4 Å². The number of ether oxygens (including phenoxy) is 2. The molecule has 0 amide bonds. The minimum Gasteiger partial charge on any atom is -0.425 e. The number of hydrogen-bond donors (Lipinski definition) is 1. The zero-order valence-electron chi connectivity index (χ0n) is 20.1. The monoisotopic (exact) mass is 509 g/mol. The van der Waals surface area contributed by atoms with Gasteiger partial charge in [-0.25, -0.2) is 4.79 Å². The second kappa shape index (κ2) is 10.8. The molecule has 1 unspecified atom stereocenters. The topological polar surface area (TPSA) is 113 Å². The Hall–Kier alpha value is -3.87. The quantitative estimate of drug-likeness (QED) is 0.444. The maximum atomic E-state index is 13.4. The van der Waals surface area contributed by atoms with Crippen molar-refractivity contribution in [2.24, 2.45) is 12.0 Å². The van der Waals surface area contributed by atoms with E-state index in [1.165, 1.54) is 28.3 Å². The van der Waals surface area contributed by atoms with Crippen LogP contribution in [0.15, 0.2) is 51.0 Å². The van der Waals surface area contributed by atoms with Crippen molar-refractivity contribution in [3.8, 4) is 17.5 Å². The first-order valence-corrected chi connectivity index (χ1v) is 10.9. The molecule has 1 atom stereocenters. The third-order valence-electron chi connectivity index (χ3n) is 5.18. The summed E-state index contributed by atoms with van der Waals surface area (Å²) in [6.07, 6.45) is -2.00. The molecule has 2 heterocycles. The number of benzene rings is 1. The second-order valence-electron chi connectivity index (χ2n) is 7.93. The van der Waals surface area contributed by atoms with Gasteiger partial charge in [-0.1, -0.05) is 12.1 Å². The van der Waals surface area contributed by atoms with Crippen molar-refractivity contribution in [3.05, 3.63) is 57.3 Å². The number of aliphatic hydroxyl groups excluding tert-OH is 1. The van der Waals surface area contributed by atoms with Gasteiger partial charge in [0.15, 0.2) is 11.2 Å². The molecule has 3 rings (SSSR count). The first-order valence-electron chi connectivity index (χ1n) is 10.9. The fraction of sp³-hybridized carbons (Fsp3) is 0.391. The van der Waals surface area contributed by atoms with Gasteiger partial charge in [0, 0.05) is 26.7 Å². The minimum atomic E-state index is -4.89. The fourth-order valence-corrected chi connectivity index (χ4v) is 3.48. The largest absolute Gasteiger partial charge is 0.573 e. The Labute approximate surface area is 203 Å². The van der Waals surface area contributed by atoms with Gasteiger partial charge < -0.3 is 14.6 Å². The molecule has 0 radical (unpaired) electrons. The zero-order chi connectivity index (χ0) is 26.6. The number of rotatable bonds is 9. The summed E-state index contributed by atoms with van der Waals surface area (Å²) in [6.45, 7) is 3.32. The number of aryl methyl sites for hydroxylation is 1. The molecule has 0 spiro atoms. The van der Waals surface area contributed by atoms with Gasteiger partial charge in [0.05, 0.1) is 18.4 Å². The van der Waals surface area contributed by atoms with E-state index in [1.807, 2.05) is 0 Å². The highest BCUT2D eigenvalue weighted by atomic mass is 19.4. The van der Waals surface area contributed by atoms with Crippen molar-refractivity contribution in [1.29, 1.82) is 0 Å². The van der Waals surface area contributed by atoms with E-state index in [2.05, 4.69) is 14.7 Å². The highest BCUT2D eigenvalue weighted by Crippen LogP contribution is 2.29. The van der Waals surface area contributed by atoms with Crippen LogP contribution in [0, 0.1) is 0 Å². The predicted molar refractivity (Wildman–Crippen MR) is 127 cm³/mol. The summed E-state index contributed by atoms with van der Waals surface area (Å²) in [5.41, 5.74) is -0.693. The first-order chi connectivity index (χ1) is 16.9. The summed E-state index contributed by atoms with van der Waals surface area (Å²) in [6, 6.07) is 4.70. The molecule has 0 aliphatic carbocycles. The molecule has 0 bridgehead atoms. The van der Waals surface area contributed by atoms with Gasteiger partial charge in [0.25, 0.3) is 5.56 Å². The SMILES string of the molecule is C/C=C\C(Cn1c(Oc2cccc(OC(F)(F)F)c2)nc2c1c(=O)n(CCC(C)O)c(=O)n2C)=N/C. The normalized spacial score (nSPS) is 13.5. The van der Waals surface area contributed by atoms with Crippen LogP contribution in [0.5, 0.6) is 17.5 Å². The zero-order valence-corrected chi connectivity index (χ0v) is 20.1. The Bertz CT molecular complexity index is 1420. The maximum absolute atomic E-state index is 13.4. The first kappa shape index (κ1) is 26.7. The van der Waals surface area contributed by atoms with Crippen LogP contribution in [-0.2, 0) is 20.1 Å². The van der Waals surface area contributed by atoms with E-state index in [1.54, 1.807) is 33.0 Å². The molecule has 0 fully saturated rings. The highest BCUT2D eigenvalue weighted by Gasteiger charge is 2.31. The van der Waals surface area contributed by atoms with Gasteiger partial charge in [-0.15, -0.1) is 13.2 Å². The molecule has 0 aliphatic rings. The number of halogens is 3. The summed E-state index contributed by atoms with van der Waals surface area (Å²) < 4.78 is 51.2. The summed E-state index contributed by atoms with van der Waals surface area (Å²) in [4.78, 5) is 34.7. The maximum Gasteiger partial charge on any atom is 0.573 e. The molecule has 0 aliphatic heterocycles. The molecule has 0 saturated carbocycles. The lowest BCUT2D eigenvalue weighted by atomic mass is 10.3. The van der Waals surface area contributed by atoms with E-state index < -0.39 is 29.5 Å². The molecule has 10 nitrogen and oxygen atoms in total. The Morgan fingerprint density at radius 3 is 2.56 bits per heavy atom. The summed E-state index contributed by atoms with van der Waals surface area (Å²) in [7, 11) is 2.99. The van der Waals surface area contributed by atoms with Gasteiger partial charge in [-0.2, -0.15) is 4.98 Å². The molecular weight excluding hydrogens is 483 g/mol. The number of aliphatic hydroxyl groups is 1. The van der Waals surface area contributed by atoms with Crippen molar-refractivity contribution in [2.45, 2.75) is 45.8 Å².